The van der Waals surface area contributed by atoms with Crippen molar-refractivity contribution in [3.63, 3.8) is 0 Å². The Morgan fingerprint density at radius 1 is 1.06 bits per heavy atom. The Hall–Kier alpha value is -3.23. The smallest absolute Gasteiger partial charge is 0.278 e. The fraction of sp³-hybridized carbons (Fsp3) is 0.250. The average Bonchev–Trinajstić information content (AvgIpc) is 3.34. The fourth-order valence-electron chi connectivity index (χ4n) is 4.62. The number of para-hydroxylation sites is 1. The molecule has 1 fully saturated rings. The molecule has 0 spiro atoms. The van der Waals surface area contributed by atoms with Crippen molar-refractivity contribution in [3.05, 3.63) is 61.1 Å². The van der Waals surface area contributed by atoms with Gasteiger partial charge in [-0.05, 0) is 24.6 Å². The van der Waals surface area contributed by atoms with E-state index in [1.165, 1.54) is 6.33 Å². The maximum atomic E-state index is 12.4. The molecule has 10 heteroatoms. The summed E-state index contributed by atoms with van der Waals surface area (Å²) in [6.07, 6.45) is -0.160. The number of aromatic nitrogens is 3. The Kier molecular flexibility index (Phi) is 4.79. The maximum absolute atomic E-state index is 12.4. The van der Waals surface area contributed by atoms with E-state index in [9.17, 15) is 14.8 Å². The SMILES string of the molecule is C[C@H]1O[C@@H](n2cc(-c3ccccc3)c3c(Nc4cccc5c4OP5(C)=O)ncnc32)[C@H](O)[C@@H]1O. The van der Waals surface area contributed by atoms with Crippen LogP contribution in [0.15, 0.2) is 61.1 Å². The molecular weight excluding hydrogens is 455 g/mol. The molecule has 34 heavy (non-hydrogen) atoms. The highest BCUT2D eigenvalue weighted by molar-refractivity contribution is 7.68. The molecular formula is C24H23N4O5P. The number of nitrogens with zero attached hydrogens (tertiary/aromatic N) is 3. The van der Waals surface area contributed by atoms with E-state index in [-0.39, 0.29) is 0 Å². The van der Waals surface area contributed by atoms with E-state index in [2.05, 4.69) is 15.3 Å². The van der Waals surface area contributed by atoms with Crippen LogP contribution in [0.1, 0.15) is 13.2 Å². The number of anilines is 2. The highest BCUT2D eigenvalue weighted by atomic mass is 31.2. The first kappa shape index (κ1) is 21.3. The van der Waals surface area contributed by atoms with Gasteiger partial charge < -0.3 is 29.4 Å². The van der Waals surface area contributed by atoms with Crippen molar-refractivity contribution < 1.29 is 24.0 Å². The van der Waals surface area contributed by atoms with Crippen molar-refractivity contribution >= 4 is 35.2 Å². The van der Waals surface area contributed by atoms with Gasteiger partial charge in [-0.1, -0.05) is 36.4 Å². The van der Waals surface area contributed by atoms with Gasteiger partial charge in [0, 0.05) is 18.4 Å². The Bertz CT molecular complexity index is 1460. The number of hydrogen-bond donors (Lipinski definition) is 3. The molecule has 0 aliphatic carbocycles. The lowest BCUT2D eigenvalue weighted by atomic mass is 10.1. The molecule has 0 saturated carbocycles. The summed E-state index contributed by atoms with van der Waals surface area (Å²) in [7, 11) is -2.77. The summed E-state index contributed by atoms with van der Waals surface area (Å²) in [5.41, 5.74) is 2.96. The van der Waals surface area contributed by atoms with E-state index >= 15 is 0 Å². The predicted molar refractivity (Wildman–Crippen MR) is 128 cm³/mol. The molecule has 174 valence electrons. The number of aliphatic hydroxyl groups excluding tert-OH is 2. The maximum Gasteiger partial charge on any atom is 0.278 e. The average molecular weight is 478 g/mol. The second-order valence-corrected chi connectivity index (χ2v) is 11.0. The van der Waals surface area contributed by atoms with Crippen molar-refractivity contribution in [1.29, 1.82) is 0 Å². The summed E-state index contributed by atoms with van der Waals surface area (Å²) >= 11 is 0. The lowest BCUT2D eigenvalue weighted by Gasteiger charge is -2.30. The van der Waals surface area contributed by atoms with Gasteiger partial charge in [0.15, 0.2) is 12.0 Å². The molecule has 0 bridgehead atoms. The van der Waals surface area contributed by atoms with Crippen molar-refractivity contribution in [2.45, 2.75) is 31.5 Å². The number of benzene rings is 2. The van der Waals surface area contributed by atoms with Gasteiger partial charge in [0.1, 0.15) is 30.0 Å². The summed E-state index contributed by atoms with van der Waals surface area (Å²) in [5, 5.41) is 25.7. The van der Waals surface area contributed by atoms with E-state index in [1.807, 2.05) is 48.7 Å². The Morgan fingerprint density at radius 2 is 1.85 bits per heavy atom. The van der Waals surface area contributed by atoms with Crippen molar-refractivity contribution in [3.8, 4) is 16.9 Å². The van der Waals surface area contributed by atoms with Crippen LogP contribution < -0.4 is 15.1 Å². The van der Waals surface area contributed by atoms with Gasteiger partial charge in [-0.2, -0.15) is 0 Å². The topological polar surface area (TPSA) is 119 Å². The van der Waals surface area contributed by atoms with Crippen LogP contribution in [-0.4, -0.2) is 49.7 Å². The highest BCUT2D eigenvalue weighted by Crippen LogP contribution is 2.56. The van der Waals surface area contributed by atoms with Gasteiger partial charge in [-0.3, -0.25) is 4.57 Å². The van der Waals surface area contributed by atoms with Crippen molar-refractivity contribution in [2.24, 2.45) is 0 Å². The quantitative estimate of drug-likeness (QED) is 0.382. The zero-order valence-electron chi connectivity index (χ0n) is 18.5. The van der Waals surface area contributed by atoms with E-state index in [1.54, 1.807) is 24.2 Å². The summed E-state index contributed by atoms with van der Waals surface area (Å²) in [6.45, 7) is 3.32. The second kappa shape index (κ2) is 7.65. The van der Waals surface area contributed by atoms with Crippen molar-refractivity contribution in [1.82, 2.24) is 14.5 Å². The molecule has 0 radical (unpaired) electrons. The lowest BCUT2D eigenvalue weighted by molar-refractivity contribution is -0.0295. The predicted octanol–water partition coefficient (Wildman–Crippen LogP) is 3.41. The minimum absolute atomic E-state index is 0.526. The first-order valence-electron chi connectivity index (χ1n) is 11.0. The van der Waals surface area contributed by atoms with Gasteiger partial charge in [-0.25, -0.2) is 9.97 Å². The van der Waals surface area contributed by atoms with Gasteiger partial charge in [0.2, 0.25) is 0 Å². The van der Waals surface area contributed by atoms with Gasteiger partial charge in [0.25, 0.3) is 7.37 Å². The van der Waals surface area contributed by atoms with E-state index in [4.69, 9.17) is 9.26 Å². The van der Waals surface area contributed by atoms with Gasteiger partial charge in [-0.15, -0.1) is 0 Å². The number of fused-ring (bicyclic) bond motifs is 2. The van der Waals surface area contributed by atoms with Crippen LogP contribution in [-0.2, 0) is 9.30 Å². The van der Waals surface area contributed by atoms with E-state index < -0.39 is 31.9 Å². The molecule has 4 heterocycles. The summed E-state index contributed by atoms with van der Waals surface area (Å²) < 4.78 is 25.7. The van der Waals surface area contributed by atoms with Crippen LogP contribution in [0.5, 0.6) is 5.75 Å². The molecule has 5 atom stereocenters. The zero-order chi connectivity index (χ0) is 23.6. The van der Waals surface area contributed by atoms with Crippen LogP contribution in [0.2, 0.25) is 0 Å². The second-order valence-electron chi connectivity index (χ2n) is 8.67. The van der Waals surface area contributed by atoms with Crippen LogP contribution in [0, 0.1) is 0 Å². The van der Waals surface area contributed by atoms with E-state index in [0.717, 1.165) is 16.5 Å². The molecule has 4 aromatic rings. The van der Waals surface area contributed by atoms with Crippen LogP contribution >= 0.6 is 7.37 Å². The van der Waals surface area contributed by atoms with Crippen LogP contribution in [0.4, 0.5) is 11.5 Å². The highest BCUT2D eigenvalue weighted by Gasteiger charge is 2.42. The Labute approximate surface area is 195 Å². The Balaban J connectivity index is 1.53. The van der Waals surface area contributed by atoms with E-state index in [0.29, 0.717) is 28.2 Å². The first-order chi connectivity index (χ1) is 16.3. The summed E-state index contributed by atoms with van der Waals surface area (Å²) in [6, 6.07) is 15.2. The molecule has 1 unspecified atom stereocenters. The third kappa shape index (κ3) is 3.16. The van der Waals surface area contributed by atoms with Crippen LogP contribution in [0.25, 0.3) is 22.2 Å². The zero-order valence-corrected chi connectivity index (χ0v) is 19.4. The molecule has 1 saturated heterocycles. The number of nitrogens with one attached hydrogen (secondary N) is 1. The molecule has 6 rings (SSSR count). The first-order valence-corrected chi connectivity index (χ1v) is 13.0. The lowest BCUT2D eigenvalue weighted by Crippen LogP contribution is -2.30. The third-order valence-electron chi connectivity index (χ3n) is 6.40. The molecule has 0 amide bonds. The minimum Gasteiger partial charge on any atom is -0.437 e. The molecule has 2 aromatic heterocycles. The van der Waals surface area contributed by atoms with Gasteiger partial charge in [0.05, 0.1) is 22.5 Å². The number of aliphatic hydroxyl groups is 2. The fourth-order valence-corrected chi connectivity index (χ4v) is 6.03. The Morgan fingerprint density at radius 3 is 2.56 bits per heavy atom. The normalized spacial score (nSPS) is 27.8. The minimum atomic E-state index is -2.77. The monoisotopic (exact) mass is 478 g/mol. The molecule has 2 aromatic carbocycles. The van der Waals surface area contributed by atoms with Crippen LogP contribution in [0.3, 0.4) is 0 Å². The van der Waals surface area contributed by atoms with Gasteiger partial charge >= 0.3 is 0 Å². The third-order valence-corrected chi connectivity index (χ3v) is 8.15. The summed E-state index contributed by atoms with van der Waals surface area (Å²) in [5.74, 6) is 1.07. The number of rotatable bonds is 4. The molecule has 2 aliphatic rings. The number of ether oxygens (including phenoxy) is 1. The molecule has 9 nitrogen and oxygen atoms in total. The standard InChI is InChI=1S/C24H23N4O5P/c1-13-19(29)20(30)24(32-13)28-11-15(14-7-4-3-5-8-14)18-22(25-12-26-23(18)28)27-16-9-6-10-17-21(16)33-34(17,2)31/h3-13,19-20,24,29-30H,1-2H3,(H,25,26,27)/t13-,19-,20-,24-,34?/m1/s1. The largest absolute Gasteiger partial charge is 0.437 e. The number of hydrogen-bond acceptors (Lipinski definition) is 8. The molecule has 3 N–H and O–H groups in total. The molecule has 2 aliphatic heterocycles. The summed E-state index contributed by atoms with van der Waals surface area (Å²) in [4.78, 5) is 8.99. The van der Waals surface area contributed by atoms with Crippen molar-refractivity contribution in [2.75, 3.05) is 12.0 Å².